The molecule has 0 bridgehead atoms. The van der Waals surface area contributed by atoms with Crippen molar-refractivity contribution >= 4 is 18.8 Å². The van der Waals surface area contributed by atoms with Gasteiger partial charge >= 0.3 is 62.7 Å². The fraction of sp³-hybridized carbons (Fsp3) is 1.00. The average molecular weight is 237 g/mol. The molecule has 1 atom stereocenters. The first-order valence-electron chi connectivity index (χ1n) is 3.84. The second-order valence-corrected chi connectivity index (χ2v) is 14.9. The van der Waals surface area contributed by atoms with Crippen LogP contribution in [0.2, 0.25) is 13.8 Å². The minimum atomic E-state index is -2.36. The molecule has 1 nitrogen and oxygen atoms in total. The van der Waals surface area contributed by atoms with Crippen molar-refractivity contribution in [3.8, 4) is 0 Å². The van der Waals surface area contributed by atoms with Crippen LogP contribution in [0.3, 0.4) is 0 Å². The fourth-order valence-corrected chi connectivity index (χ4v) is 4.93. The third kappa shape index (κ3) is 5.22. The van der Waals surface area contributed by atoms with Crippen LogP contribution in [0.15, 0.2) is 0 Å². The van der Waals surface area contributed by atoms with Crippen molar-refractivity contribution in [1.29, 1.82) is 0 Å². The maximum atomic E-state index is 9.66. The van der Waals surface area contributed by atoms with E-state index in [4.69, 9.17) is 0 Å². The summed E-state index contributed by atoms with van der Waals surface area (Å²) in [5.41, 5.74) is 0. The summed E-state index contributed by atoms with van der Waals surface area (Å²) in [5.74, 6) is 0. The van der Waals surface area contributed by atoms with Crippen molar-refractivity contribution in [3.63, 3.8) is 0 Å². The van der Waals surface area contributed by atoms with E-state index >= 15 is 0 Å². The van der Waals surface area contributed by atoms with E-state index in [1.54, 1.807) is 0 Å². The fourth-order valence-electron chi connectivity index (χ4n) is 0.734. The average Bonchev–Trinajstić information content (AvgIpc) is 1.84. The van der Waals surface area contributed by atoms with Crippen molar-refractivity contribution in [2.75, 3.05) is 0 Å². The van der Waals surface area contributed by atoms with Crippen LogP contribution in [-0.4, -0.2) is 22.2 Å². The van der Waals surface area contributed by atoms with Crippen LogP contribution >= 0.6 is 0 Å². The molecule has 1 unspecified atom stereocenters. The second-order valence-electron chi connectivity index (χ2n) is 2.95. The Balaban J connectivity index is 3.33. The third-order valence-electron chi connectivity index (χ3n) is 1.83. The molecular weight excluding hydrogens is 219 g/mol. The molecule has 0 saturated heterocycles. The Morgan fingerprint density at radius 2 is 1.89 bits per heavy atom. The second kappa shape index (κ2) is 4.56. The van der Waals surface area contributed by atoms with Crippen LogP contribution in [0, 0.1) is 0 Å². The van der Waals surface area contributed by atoms with Gasteiger partial charge in [0.2, 0.25) is 0 Å². The van der Waals surface area contributed by atoms with Crippen LogP contribution in [-0.2, 0) is 0 Å². The summed E-state index contributed by atoms with van der Waals surface area (Å²) in [6.07, 6.45) is 2.46. The number of hydrogen-bond acceptors (Lipinski definition) is 1. The predicted molar refractivity (Wildman–Crippen MR) is 44.0 cm³/mol. The number of rotatable bonds is 4. The summed E-state index contributed by atoms with van der Waals surface area (Å²) in [4.78, 5) is 2.12. The summed E-state index contributed by atoms with van der Waals surface area (Å²) >= 11 is -2.36. The first-order chi connectivity index (χ1) is 4.12. The molecule has 0 radical (unpaired) electrons. The Morgan fingerprint density at radius 3 is 2.22 bits per heavy atom. The summed E-state index contributed by atoms with van der Waals surface area (Å²) in [5, 5.41) is 0. The predicted octanol–water partition coefficient (Wildman–Crippen LogP) is 2.37. The summed E-state index contributed by atoms with van der Waals surface area (Å²) < 4.78 is 11.9. The van der Waals surface area contributed by atoms with Gasteiger partial charge in [-0.1, -0.05) is 0 Å². The Hall–Kier alpha value is 0.759. The quantitative estimate of drug-likeness (QED) is 0.744. The van der Waals surface area contributed by atoms with Gasteiger partial charge in [-0.2, -0.15) is 0 Å². The SMILES string of the molecule is CCC[CH2][Sn]([CH3])([OH])[CH2]C. The molecule has 0 heterocycles. The Bertz CT molecular complexity index is 71.3. The van der Waals surface area contributed by atoms with E-state index in [-0.39, 0.29) is 0 Å². The molecule has 2 heteroatoms. The minimum absolute atomic E-state index is 1.08. The van der Waals surface area contributed by atoms with Gasteiger partial charge in [0.25, 0.3) is 0 Å². The van der Waals surface area contributed by atoms with Crippen LogP contribution in [0.1, 0.15) is 26.7 Å². The van der Waals surface area contributed by atoms with Gasteiger partial charge in [0.05, 0.1) is 0 Å². The van der Waals surface area contributed by atoms with E-state index in [0.717, 1.165) is 8.87 Å². The van der Waals surface area contributed by atoms with E-state index in [1.807, 2.05) is 0 Å². The van der Waals surface area contributed by atoms with E-state index in [2.05, 4.69) is 18.8 Å². The monoisotopic (exact) mass is 238 g/mol. The van der Waals surface area contributed by atoms with Gasteiger partial charge < -0.3 is 0 Å². The van der Waals surface area contributed by atoms with E-state index in [0.29, 0.717) is 0 Å². The molecule has 0 aromatic heterocycles. The van der Waals surface area contributed by atoms with E-state index < -0.39 is 18.8 Å². The molecule has 0 spiro atoms. The zero-order valence-electron chi connectivity index (χ0n) is 6.78. The summed E-state index contributed by atoms with van der Waals surface area (Å²) in [6.45, 7) is 4.29. The van der Waals surface area contributed by atoms with Crippen molar-refractivity contribution in [3.05, 3.63) is 0 Å². The number of unbranched alkanes of at least 4 members (excludes halogenated alkanes) is 1. The molecule has 0 aliphatic rings. The Morgan fingerprint density at radius 1 is 1.33 bits per heavy atom. The van der Waals surface area contributed by atoms with Gasteiger partial charge in [-0.05, 0) is 0 Å². The van der Waals surface area contributed by atoms with Gasteiger partial charge in [-0.3, -0.25) is 0 Å². The molecule has 0 aromatic rings. The van der Waals surface area contributed by atoms with Crippen LogP contribution in [0.25, 0.3) is 0 Å². The molecule has 56 valence electrons. The van der Waals surface area contributed by atoms with Gasteiger partial charge in [0, 0.05) is 0 Å². The van der Waals surface area contributed by atoms with Crippen molar-refractivity contribution in [1.82, 2.24) is 0 Å². The normalized spacial score (nSPS) is 17.3. The summed E-state index contributed by atoms with van der Waals surface area (Å²) in [6, 6.07) is 0. The molecule has 1 N–H and O–H groups in total. The van der Waals surface area contributed by atoms with Gasteiger partial charge in [-0.25, -0.2) is 0 Å². The molecule has 0 aliphatic heterocycles. The Labute approximate surface area is 62.9 Å². The van der Waals surface area contributed by atoms with Gasteiger partial charge in [0.1, 0.15) is 0 Å². The zero-order chi connectivity index (χ0) is 7.33. The molecule has 9 heavy (non-hydrogen) atoms. The molecule has 0 saturated carbocycles. The first kappa shape index (κ1) is 9.76. The van der Waals surface area contributed by atoms with Crippen LogP contribution in [0.5, 0.6) is 0 Å². The van der Waals surface area contributed by atoms with Gasteiger partial charge in [0.15, 0.2) is 0 Å². The van der Waals surface area contributed by atoms with Crippen molar-refractivity contribution in [2.45, 2.75) is 40.5 Å². The molecule has 0 amide bonds. The third-order valence-corrected chi connectivity index (χ3v) is 10.3. The van der Waals surface area contributed by atoms with Crippen LogP contribution < -0.4 is 0 Å². The summed E-state index contributed by atoms with van der Waals surface area (Å²) in [7, 11) is 0. The molecule has 0 rings (SSSR count). The zero-order valence-corrected chi connectivity index (χ0v) is 9.63. The van der Waals surface area contributed by atoms with Crippen molar-refractivity contribution < 1.29 is 3.44 Å². The molecular formula is C7H18OSn. The molecule has 0 aromatic carbocycles. The van der Waals surface area contributed by atoms with E-state index in [9.17, 15) is 3.44 Å². The van der Waals surface area contributed by atoms with Crippen LogP contribution in [0.4, 0.5) is 0 Å². The molecule has 0 aliphatic carbocycles. The standard InChI is InChI=1S/C4H9.C2H5.CH3.H2O.Sn/c1-3-4-2;1-2;;;/h1,3-4H2,2H3;1H2,2H3;1H3;1H2;/q;;;;+1/p-1. The maximum absolute atomic E-state index is 9.66. The number of hydrogen-bond donors (Lipinski definition) is 1. The first-order valence-corrected chi connectivity index (χ1v) is 12.0. The Kier molecular flexibility index (Phi) is 4.94. The van der Waals surface area contributed by atoms with Gasteiger partial charge in [-0.15, -0.1) is 0 Å². The van der Waals surface area contributed by atoms with E-state index in [1.165, 1.54) is 12.8 Å². The topological polar surface area (TPSA) is 20.2 Å². The van der Waals surface area contributed by atoms with Crippen molar-refractivity contribution in [2.24, 2.45) is 0 Å². The molecule has 0 fully saturated rings.